The molecule has 1 unspecified atom stereocenters. The molecule has 2 aromatic rings. The first-order valence-electron chi connectivity index (χ1n) is 9.34. The van der Waals surface area contributed by atoms with Crippen LogP contribution in [-0.2, 0) is 4.74 Å². The molecule has 1 aliphatic heterocycles. The highest BCUT2D eigenvalue weighted by Crippen LogP contribution is 2.33. The summed E-state index contributed by atoms with van der Waals surface area (Å²) in [5, 5.41) is 3.29. The highest BCUT2D eigenvalue weighted by molar-refractivity contribution is 5.59. The lowest BCUT2D eigenvalue weighted by molar-refractivity contribution is -0.0495. The number of benzene rings is 2. The fourth-order valence-electron chi connectivity index (χ4n) is 3.84. The van der Waals surface area contributed by atoms with Crippen LogP contribution in [0.2, 0.25) is 0 Å². The third-order valence-corrected chi connectivity index (χ3v) is 4.76. The number of hydrogen-bond donors (Lipinski definition) is 1. The Hall–Kier alpha value is -2.07. The fourth-order valence-corrected chi connectivity index (χ4v) is 3.84. The first-order chi connectivity index (χ1) is 12.4. The van der Waals surface area contributed by atoms with Crippen molar-refractivity contribution in [2.75, 3.05) is 11.9 Å². The predicted octanol–water partition coefficient (Wildman–Crippen LogP) is 5.85. The lowest BCUT2D eigenvalue weighted by Crippen LogP contribution is -2.32. The van der Waals surface area contributed by atoms with E-state index in [-0.39, 0.29) is 18.0 Å². The van der Waals surface area contributed by atoms with E-state index in [9.17, 15) is 4.39 Å². The van der Waals surface area contributed by atoms with Crippen molar-refractivity contribution in [1.29, 1.82) is 0 Å². The monoisotopic (exact) mass is 357 g/mol. The van der Waals surface area contributed by atoms with Crippen molar-refractivity contribution in [3.05, 3.63) is 53.3 Å². The van der Waals surface area contributed by atoms with Gasteiger partial charge in [0.25, 0.3) is 0 Å². The smallest absolute Gasteiger partial charge is 0.153 e. The maximum atomic E-state index is 14.5. The number of anilines is 1. The van der Waals surface area contributed by atoms with Crippen molar-refractivity contribution in [2.45, 2.75) is 52.7 Å². The second kappa shape index (κ2) is 8.09. The molecule has 0 aliphatic carbocycles. The Morgan fingerprint density at radius 1 is 1.08 bits per heavy atom. The van der Waals surface area contributed by atoms with Crippen LogP contribution in [0.5, 0.6) is 11.5 Å². The zero-order valence-corrected chi connectivity index (χ0v) is 16.0. The SMILES string of the molecule is Cc1cc(C)cc(Oc2cccc(F)c2NCC2C[C@@H](C)O[C@@H](C)C2)c1. The van der Waals surface area contributed by atoms with Gasteiger partial charge in [-0.2, -0.15) is 0 Å². The van der Waals surface area contributed by atoms with Crippen LogP contribution in [0.3, 0.4) is 0 Å². The van der Waals surface area contributed by atoms with Crippen LogP contribution in [0.25, 0.3) is 0 Å². The second-order valence-corrected chi connectivity index (χ2v) is 7.51. The zero-order chi connectivity index (χ0) is 18.7. The lowest BCUT2D eigenvalue weighted by Gasteiger charge is -2.32. The Labute approximate surface area is 155 Å². The van der Waals surface area contributed by atoms with Crippen LogP contribution in [0.1, 0.15) is 37.8 Å². The molecular weight excluding hydrogens is 329 g/mol. The van der Waals surface area contributed by atoms with E-state index in [1.165, 1.54) is 6.07 Å². The Morgan fingerprint density at radius 2 is 1.73 bits per heavy atom. The van der Waals surface area contributed by atoms with E-state index >= 15 is 0 Å². The molecule has 140 valence electrons. The Morgan fingerprint density at radius 3 is 2.38 bits per heavy atom. The molecule has 0 spiro atoms. The molecule has 0 aromatic heterocycles. The molecule has 3 nitrogen and oxygen atoms in total. The molecule has 1 fully saturated rings. The minimum Gasteiger partial charge on any atom is -0.455 e. The largest absolute Gasteiger partial charge is 0.455 e. The summed E-state index contributed by atoms with van der Waals surface area (Å²) < 4.78 is 26.2. The van der Waals surface area contributed by atoms with Crippen molar-refractivity contribution in [3.8, 4) is 11.5 Å². The molecule has 0 saturated carbocycles. The molecule has 0 amide bonds. The molecule has 0 radical (unpaired) electrons. The van der Waals surface area contributed by atoms with Crippen LogP contribution in [0.15, 0.2) is 36.4 Å². The summed E-state index contributed by atoms with van der Waals surface area (Å²) in [4.78, 5) is 0. The van der Waals surface area contributed by atoms with E-state index in [1.807, 2.05) is 26.0 Å². The van der Waals surface area contributed by atoms with Crippen molar-refractivity contribution in [3.63, 3.8) is 0 Å². The number of halogens is 1. The Kier molecular flexibility index (Phi) is 5.82. The molecule has 1 saturated heterocycles. The van der Waals surface area contributed by atoms with Gasteiger partial charge in [0, 0.05) is 6.54 Å². The molecule has 4 heteroatoms. The normalized spacial score (nSPS) is 22.9. The Bertz CT molecular complexity index is 732. The van der Waals surface area contributed by atoms with E-state index < -0.39 is 0 Å². The van der Waals surface area contributed by atoms with Gasteiger partial charge in [-0.15, -0.1) is 0 Å². The summed E-state index contributed by atoms with van der Waals surface area (Å²) in [5.74, 6) is 1.41. The average Bonchev–Trinajstić information content (AvgIpc) is 2.52. The van der Waals surface area contributed by atoms with Gasteiger partial charge >= 0.3 is 0 Å². The van der Waals surface area contributed by atoms with Gasteiger partial charge in [0.15, 0.2) is 5.75 Å². The highest BCUT2D eigenvalue weighted by atomic mass is 19.1. The van der Waals surface area contributed by atoms with Crippen LogP contribution >= 0.6 is 0 Å². The molecule has 0 bridgehead atoms. The predicted molar refractivity (Wildman–Crippen MR) is 104 cm³/mol. The zero-order valence-electron chi connectivity index (χ0n) is 16.0. The number of rotatable bonds is 5. The maximum Gasteiger partial charge on any atom is 0.153 e. The quantitative estimate of drug-likeness (QED) is 0.728. The minimum absolute atomic E-state index is 0.247. The van der Waals surface area contributed by atoms with Gasteiger partial charge in [-0.05, 0) is 81.8 Å². The number of nitrogens with one attached hydrogen (secondary N) is 1. The second-order valence-electron chi connectivity index (χ2n) is 7.51. The summed E-state index contributed by atoms with van der Waals surface area (Å²) in [6.45, 7) is 8.96. The van der Waals surface area contributed by atoms with Gasteiger partial charge in [-0.3, -0.25) is 0 Å². The van der Waals surface area contributed by atoms with E-state index in [0.29, 0.717) is 23.9 Å². The van der Waals surface area contributed by atoms with Gasteiger partial charge in [-0.1, -0.05) is 12.1 Å². The van der Waals surface area contributed by atoms with Crippen LogP contribution < -0.4 is 10.1 Å². The van der Waals surface area contributed by atoms with Gasteiger partial charge in [0.05, 0.1) is 12.2 Å². The number of ether oxygens (including phenoxy) is 2. The summed E-state index contributed by atoms with van der Waals surface area (Å²) in [5.41, 5.74) is 2.67. The Balaban J connectivity index is 1.75. The maximum absolute atomic E-state index is 14.5. The van der Waals surface area contributed by atoms with Crippen molar-refractivity contribution >= 4 is 5.69 Å². The molecule has 1 aliphatic rings. The third kappa shape index (κ3) is 4.76. The molecule has 2 aromatic carbocycles. The van der Waals surface area contributed by atoms with E-state index in [1.54, 1.807) is 12.1 Å². The molecule has 1 heterocycles. The van der Waals surface area contributed by atoms with E-state index in [4.69, 9.17) is 9.47 Å². The standard InChI is InChI=1S/C22H28FNO2/c1-14-8-15(2)10-19(9-14)26-21-7-5-6-20(23)22(21)24-13-18-11-16(3)25-17(4)12-18/h5-10,16-18,24H,11-13H2,1-4H3/t16-,17+,18?. The summed E-state index contributed by atoms with van der Waals surface area (Å²) in [6.07, 6.45) is 2.47. The van der Waals surface area contributed by atoms with E-state index in [2.05, 4.69) is 25.2 Å². The van der Waals surface area contributed by atoms with Crippen molar-refractivity contribution in [1.82, 2.24) is 0 Å². The first-order valence-corrected chi connectivity index (χ1v) is 9.34. The van der Waals surface area contributed by atoms with Crippen LogP contribution in [0, 0.1) is 25.6 Å². The summed E-state index contributed by atoms with van der Waals surface area (Å²) >= 11 is 0. The fraction of sp³-hybridized carbons (Fsp3) is 0.455. The molecule has 3 atom stereocenters. The minimum atomic E-state index is -0.292. The average molecular weight is 357 g/mol. The number of hydrogen-bond acceptors (Lipinski definition) is 3. The highest BCUT2D eigenvalue weighted by Gasteiger charge is 2.24. The number of aryl methyl sites for hydroxylation is 2. The number of para-hydroxylation sites is 1. The van der Waals surface area contributed by atoms with Crippen molar-refractivity contribution < 1.29 is 13.9 Å². The molecule has 1 N–H and O–H groups in total. The summed E-state index contributed by atoms with van der Waals surface area (Å²) in [6, 6.07) is 11.0. The lowest BCUT2D eigenvalue weighted by atomic mass is 9.92. The molecular formula is C22H28FNO2. The van der Waals surface area contributed by atoms with Gasteiger partial charge in [0.1, 0.15) is 17.3 Å². The third-order valence-electron chi connectivity index (χ3n) is 4.76. The summed E-state index contributed by atoms with van der Waals surface area (Å²) in [7, 11) is 0. The first kappa shape index (κ1) is 18.7. The van der Waals surface area contributed by atoms with E-state index in [0.717, 1.165) is 29.7 Å². The molecule has 3 rings (SSSR count). The van der Waals surface area contributed by atoms with Gasteiger partial charge in [0.2, 0.25) is 0 Å². The topological polar surface area (TPSA) is 30.5 Å². The van der Waals surface area contributed by atoms with Gasteiger partial charge < -0.3 is 14.8 Å². The van der Waals surface area contributed by atoms with Crippen LogP contribution in [-0.4, -0.2) is 18.8 Å². The van der Waals surface area contributed by atoms with Crippen molar-refractivity contribution in [2.24, 2.45) is 5.92 Å². The van der Waals surface area contributed by atoms with Gasteiger partial charge in [-0.25, -0.2) is 4.39 Å². The van der Waals surface area contributed by atoms with Crippen LogP contribution in [0.4, 0.5) is 10.1 Å². The molecule has 26 heavy (non-hydrogen) atoms.